The van der Waals surface area contributed by atoms with Gasteiger partial charge in [-0.3, -0.25) is 14.4 Å². The largest absolute Gasteiger partial charge is 0.454 e. The van der Waals surface area contributed by atoms with E-state index in [9.17, 15) is 14.4 Å². The lowest BCUT2D eigenvalue weighted by atomic mass is 9.87. The molecule has 6 heteroatoms. The van der Waals surface area contributed by atoms with E-state index >= 15 is 0 Å². The van der Waals surface area contributed by atoms with Crippen molar-refractivity contribution in [2.24, 2.45) is 0 Å². The molecule has 2 amide bonds. The van der Waals surface area contributed by atoms with Crippen LogP contribution in [0, 0.1) is 0 Å². The van der Waals surface area contributed by atoms with Gasteiger partial charge in [0.15, 0.2) is 6.61 Å². The summed E-state index contributed by atoms with van der Waals surface area (Å²) in [7, 11) is 0. The molecule has 6 nitrogen and oxygen atoms in total. The fourth-order valence-corrected chi connectivity index (χ4v) is 3.15. The average Bonchev–Trinajstić information content (AvgIpc) is 2.75. The lowest BCUT2D eigenvalue weighted by Crippen LogP contribution is -2.32. The normalized spacial score (nSPS) is 11.0. The van der Waals surface area contributed by atoms with Crippen molar-refractivity contribution in [1.82, 2.24) is 5.32 Å². The lowest BCUT2D eigenvalue weighted by molar-refractivity contribution is -0.146. The Morgan fingerprint density at radius 1 is 0.903 bits per heavy atom. The number of aryl methyl sites for hydroxylation is 2. The molecule has 0 aliphatic rings. The van der Waals surface area contributed by atoms with E-state index in [1.165, 1.54) is 0 Å². The minimum atomic E-state index is -0.672. The molecular formula is C25H32N2O4. The smallest absolute Gasteiger partial charge is 0.325 e. The van der Waals surface area contributed by atoms with Gasteiger partial charge < -0.3 is 15.4 Å². The predicted molar refractivity (Wildman–Crippen MR) is 122 cm³/mol. The van der Waals surface area contributed by atoms with E-state index in [0.29, 0.717) is 5.56 Å². The maximum atomic E-state index is 12.3. The molecule has 2 rings (SSSR count). The maximum Gasteiger partial charge on any atom is 0.325 e. The first-order chi connectivity index (χ1) is 14.7. The Morgan fingerprint density at radius 3 is 2.00 bits per heavy atom. The molecule has 0 heterocycles. The average molecular weight is 425 g/mol. The Labute approximate surface area is 184 Å². The number of ether oxygens (including phenoxy) is 1. The summed E-state index contributed by atoms with van der Waals surface area (Å²) in [6.07, 6.45) is 1.57. The van der Waals surface area contributed by atoms with Gasteiger partial charge in [0.05, 0.1) is 0 Å². The third kappa shape index (κ3) is 6.95. The highest BCUT2D eigenvalue weighted by Gasteiger charge is 2.16. The molecule has 0 radical (unpaired) electrons. The monoisotopic (exact) mass is 424 g/mol. The first-order valence-electron chi connectivity index (χ1n) is 10.6. The highest BCUT2D eigenvalue weighted by atomic mass is 16.5. The Bertz CT molecular complexity index is 905. The molecule has 0 saturated carbocycles. The summed E-state index contributed by atoms with van der Waals surface area (Å²) < 4.78 is 5.01. The van der Waals surface area contributed by atoms with Crippen molar-refractivity contribution in [1.29, 1.82) is 0 Å². The number of amides is 2. The summed E-state index contributed by atoms with van der Waals surface area (Å²) in [5, 5.41) is 5.36. The summed E-state index contributed by atoms with van der Waals surface area (Å²) in [5.74, 6) is -1.45. The number of hydrogen-bond donors (Lipinski definition) is 2. The highest BCUT2D eigenvalue weighted by molar-refractivity contribution is 5.97. The second kappa shape index (κ2) is 10.8. The van der Waals surface area contributed by atoms with Crippen molar-refractivity contribution in [3.8, 4) is 0 Å². The van der Waals surface area contributed by atoms with Gasteiger partial charge in [0.1, 0.15) is 6.54 Å². The topological polar surface area (TPSA) is 84.5 Å². The van der Waals surface area contributed by atoms with E-state index in [1.54, 1.807) is 12.1 Å². The Kier molecular flexibility index (Phi) is 8.37. The molecule has 0 spiro atoms. The van der Waals surface area contributed by atoms with Crippen molar-refractivity contribution in [3.05, 3.63) is 64.7 Å². The minimum Gasteiger partial charge on any atom is -0.454 e. The van der Waals surface area contributed by atoms with E-state index in [0.717, 1.165) is 35.2 Å². The number of esters is 1. The van der Waals surface area contributed by atoms with Crippen LogP contribution in [0.2, 0.25) is 0 Å². The SMILES string of the molecule is CCc1cccc(CC)c1NC(=O)COC(=O)CNC(=O)c1ccc(C(C)(C)C)cc1. The van der Waals surface area contributed by atoms with Crippen LogP contribution in [0.1, 0.15) is 61.7 Å². The summed E-state index contributed by atoms with van der Waals surface area (Å²) in [5.41, 5.74) is 4.41. The van der Waals surface area contributed by atoms with E-state index in [2.05, 4.69) is 31.4 Å². The molecule has 0 aliphatic carbocycles. The number of hydrogen-bond acceptors (Lipinski definition) is 4. The molecular weight excluding hydrogens is 392 g/mol. The molecule has 0 atom stereocenters. The van der Waals surface area contributed by atoms with Gasteiger partial charge in [-0.05, 0) is 47.1 Å². The standard InChI is InChI=1S/C25H32N2O4/c1-6-17-9-8-10-18(7-2)23(17)27-21(28)16-31-22(29)15-26-24(30)19-11-13-20(14-12-19)25(3,4)5/h8-14H,6-7,15-16H2,1-5H3,(H,26,30)(H,27,28). The third-order valence-electron chi connectivity index (χ3n) is 5.03. The third-order valence-corrected chi connectivity index (χ3v) is 5.03. The van der Waals surface area contributed by atoms with Gasteiger partial charge in [0.25, 0.3) is 11.8 Å². The molecule has 0 fully saturated rings. The van der Waals surface area contributed by atoms with Crippen LogP contribution < -0.4 is 10.6 Å². The van der Waals surface area contributed by atoms with Crippen molar-refractivity contribution in [3.63, 3.8) is 0 Å². The predicted octanol–water partition coefficient (Wildman–Crippen LogP) is 4.02. The number of anilines is 1. The summed E-state index contributed by atoms with van der Waals surface area (Å²) in [6.45, 7) is 9.61. The van der Waals surface area contributed by atoms with Crippen molar-refractivity contribution in [2.75, 3.05) is 18.5 Å². The van der Waals surface area contributed by atoms with Crippen molar-refractivity contribution >= 4 is 23.5 Å². The van der Waals surface area contributed by atoms with E-state index in [-0.39, 0.29) is 17.9 Å². The second-order valence-corrected chi connectivity index (χ2v) is 8.38. The van der Waals surface area contributed by atoms with Crippen LogP contribution in [-0.4, -0.2) is 30.9 Å². The van der Waals surface area contributed by atoms with E-state index < -0.39 is 18.5 Å². The Hall–Kier alpha value is -3.15. The van der Waals surface area contributed by atoms with Crippen molar-refractivity contribution < 1.29 is 19.1 Å². The molecule has 0 unspecified atom stereocenters. The molecule has 2 aromatic rings. The Morgan fingerprint density at radius 2 is 1.48 bits per heavy atom. The zero-order valence-electron chi connectivity index (χ0n) is 19.0. The summed E-state index contributed by atoms with van der Waals surface area (Å²) >= 11 is 0. The Balaban J connectivity index is 1.83. The van der Waals surface area contributed by atoms with Gasteiger partial charge in [-0.1, -0.05) is 65.0 Å². The fraction of sp³-hybridized carbons (Fsp3) is 0.400. The molecule has 2 N–H and O–H groups in total. The zero-order chi connectivity index (χ0) is 23.0. The number of carbonyl (C=O) groups excluding carboxylic acids is 3. The van der Waals surface area contributed by atoms with Gasteiger partial charge >= 0.3 is 5.97 Å². The van der Waals surface area contributed by atoms with Crippen LogP contribution >= 0.6 is 0 Å². The van der Waals surface area contributed by atoms with Crippen LogP contribution in [-0.2, 0) is 32.6 Å². The van der Waals surface area contributed by atoms with Crippen LogP contribution in [0.25, 0.3) is 0 Å². The van der Waals surface area contributed by atoms with E-state index in [4.69, 9.17) is 4.74 Å². The number of nitrogens with one attached hydrogen (secondary N) is 2. The summed E-state index contributed by atoms with van der Waals surface area (Å²) in [4.78, 5) is 36.4. The van der Waals surface area contributed by atoms with Crippen LogP contribution in [0.5, 0.6) is 0 Å². The first-order valence-corrected chi connectivity index (χ1v) is 10.6. The minimum absolute atomic E-state index is 0.00504. The quantitative estimate of drug-likeness (QED) is 0.627. The van der Waals surface area contributed by atoms with Crippen molar-refractivity contribution in [2.45, 2.75) is 52.9 Å². The van der Waals surface area contributed by atoms with Crippen LogP contribution in [0.15, 0.2) is 42.5 Å². The molecule has 0 aliphatic heterocycles. The van der Waals surface area contributed by atoms with E-state index in [1.807, 2.05) is 44.2 Å². The lowest BCUT2D eigenvalue weighted by Gasteiger charge is -2.19. The van der Waals surface area contributed by atoms with Gasteiger partial charge in [0.2, 0.25) is 0 Å². The summed E-state index contributed by atoms with van der Waals surface area (Å²) in [6, 6.07) is 13.1. The van der Waals surface area contributed by atoms with Crippen LogP contribution in [0.3, 0.4) is 0 Å². The molecule has 31 heavy (non-hydrogen) atoms. The number of para-hydroxylation sites is 1. The number of benzene rings is 2. The number of carbonyl (C=O) groups is 3. The van der Waals surface area contributed by atoms with Gasteiger partial charge in [-0.15, -0.1) is 0 Å². The zero-order valence-corrected chi connectivity index (χ0v) is 19.0. The first kappa shape index (κ1) is 24.1. The molecule has 0 aromatic heterocycles. The van der Waals surface area contributed by atoms with Gasteiger partial charge in [0, 0.05) is 11.3 Å². The molecule has 0 saturated heterocycles. The number of rotatable bonds is 8. The molecule has 166 valence electrons. The fourth-order valence-electron chi connectivity index (χ4n) is 3.15. The highest BCUT2D eigenvalue weighted by Crippen LogP contribution is 2.23. The maximum absolute atomic E-state index is 12.3. The molecule has 2 aromatic carbocycles. The van der Waals surface area contributed by atoms with Gasteiger partial charge in [-0.2, -0.15) is 0 Å². The van der Waals surface area contributed by atoms with Gasteiger partial charge in [-0.25, -0.2) is 0 Å². The second-order valence-electron chi connectivity index (χ2n) is 8.38. The van der Waals surface area contributed by atoms with Crippen LogP contribution in [0.4, 0.5) is 5.69 Å². The molecule has 0 bridgehead atoms.